The minimum absolute atomic E-state index is 0.130. The first-order chi connectivity index (χ1) is 7.95. The second-order valence-corrected chi connectivity index (χ2v) is 3.59. The third kappa shape index (κ3) is 4.28. The number of hydrogen-bond acceptors (Lipinski definition) is 3. The van der Waals surface area contributed by atoms with Gasteiger partial charge in [-0.1, -0.05) is 23.7 Å². The fourth-order valence-electron chi connectivity index (χ4n) is 1.07. The summed E-state index contributed by atoms with van der Waals surface area (Å²) in [4.78, 5) is 10.8. The molecule has 0 heterocycles. The first-order valence-electron chi connectivity index (χ1n) is 4.89. The summed E-state index contributed by atoms with van der Waals surface area (Å²) in [5.74, 6) is -1.69. The zero-order chi connectivity index (χ0) is 12.9. The summed E-state index contributed by atoms with van der Waals surface area (Å²) < 4.78 is 34.5. The summed E-state index contributed by atoms with van der Waals surface area (Å²) in [7, 11) is 0. The summed E-state index contributed by atoms with van der Waals surface area (Å²) in [6.45, 7) is 0.881. The molecular weight excluding hydrogens is 254 g/mol. The SMILES string of the molecule is CCOC(=O)C(F)(F)OCc1cccc(Cl)c1. The predicted molar refractivity (Wildman–Crippen MR) is 57.8 cm³/mol. The van der Waals surface area contributed by atoms with E-state index in [-0.39, 0.29) is 6.61 Å². The molecule has 0 atom stereocenters. The molecule has 94 valence electrons. The van der Waals surface area contributed by atoms with Crippen LogP contribution in [0.2, 0.25) is 5.02 Å². The van der Waals surface area contributed by atoms with Gasteiger partial charge < -0.3 is 9.47 Å². The van der Waals surface area contributed by atoms with Crippen LogP contribution in [-0.2, 0) is 20.9 Å². The molecule has 0 aliphatic heterocycles. The Kier molecular flexibility index (Phi) is 4.84. The predicted octanol–water partition coefficient (Wildman–Crippen LogP) is 3.01. The Balaban J connectivity index is 2.57. The van der Waals surface area contributed by atoms with Crippen LogP contribution in [0.5, 0.6) is 0 Å². The Labute approximate surface area is 102 Å². The van der Waals surface area contributed by atoms with Crippen LogP contribution >= 0.6 is 11.6 Å². The highest BCUT2D eigenvalue weighted by atomic mass is 35.5. The molecule has 0 aromatic heterocycles. The minimum Gasteiger partial charge on any atom is -0.460 e. The largest absolute Gasteiger partial charge is 0.460 e. The van der Waals surface area contributed by atoms with Crippen LogP contribution in [0.25, 0.3) is 0 Å². The Hall–Kier alpha value is -1.20. The van der Waals surface area contributed by atoms with Crippen molar-refractivity contribution in [2.45, 2.75) is 19.6 Å². The molecule has 0 aliphatic rings. The van der Waals surface area contributed by atoms with Crippen molar-refractivity contribution in [2.24, 2.45) is 0 Å². The van der Waals surface area contributed by atoms with Gasteiger partial charge in [-0.25, -0.2) is 4.79 Å². The van der Waals surface area contributed by atoms with E-state index in [1.165, 1.54) is 13.0 Å². The fourth-order valence-corrected chi connectivity index (χ4v) is 1.29. The van der Waals surface area contributed by atoms with Gasteiger partial charge in [0.2, 0.25) is 0 Å². The second-order valence-electron chi connectivity index (χ2n) is 3.16. The maximum Gasteiger partial charge on any atom is 0.456 e. The first kappa shape index (κ1) is 13.9. The molecule has 1 rings (SSSR count). The Morgan fingerprint density at radius 2 is 2.18 bits per heavy atom. The van der Waals surface area contributed by atoms with E-state index in [1.54, 1.807) is 18.2 Å². The molecule has 3 nitrogen and oxygen atoms in total. The summed E-state index contributed by atoms with van der Waals surface area (Å²) in [5, 5.41) is 0.408. The maximum absolute atomic E-state index is 13.1. The van der Waals surface area contributed by atoms with E-state index in [2.05, 4.69) is 9.47 Å². The highest BCUT2D eigenvalue weighted by molar-refractivity contribution is 6.30. The third-order valence-electron chi connectivity index (χ3n) is 1.82. The van der Waals surface area contributed by atoms with E-state index in [4.69, 9.17) is 11.6 Å². The van der Waals surface area contributed by atoms with Crippen molar-refractivity contribution < 1.29 is 23.0 Å². The van der Waals surface area contributed by atoms with Crippen molar-refractivity contribution in [3.05, 3.63) is 34.9 Å². The number of esters is 1. The lowest BCUT2D eigenvalue weighted by Gasteiger charge is -2.14. The molecule has 0 aliphatic carbocycles. The molecule has 0 unspecified atom stereocenters. The number of ether oxygens (including phenoxy) is 2. The number of carbonyl (C=O) groups excluding carboxylic acids is 1. The number of hydrogen-bond donors (Lipinski definition) is 0. The van der Waals surface area contributed by atoms with E-state index in [1.807, 2.05) is 0 Å². The zero-order valence-corrected chi connectivity index (χ0v) is 9.84. The summed E-state index contributed by atoms with van der Waals surface area (Å²) >= 11 is 5.67. The summed E-state index contributed by atoms with van der Waals surface area (Å²) in [6, 6.07) is 6.24. The van der Waals surface area contributed by atoms with Crippen molar-refractivity contribution in [2.75, 3.05) is 6.61 Å². The van der Waals surface area contributed by atoms with Crippen molar-refractivity contribution in [3.63, 3.8) is 0 Å². The van der Waals surface area contributed by atoms with Crippen molar-refractivity contribution in [3.8, 4) is 0 Å². The molecule has 1 aromatic rings. The quantitative estimate of drug-likeness (QED) is 0.767. The Morgan fingerprint density at radius 1 is 1.47 bits per heavy atom. The molecule has 6 heteroatoms. The van der Waals surface area contributed by atoms with Gasteiger partial charge in [0.15, 0.2) is 0 Å². The Bertz CT molecular complexity index is 396. The van der Waals surface area contributed by atoms with Crippen LogP contribution in [0.3, 0.4) is 0 Å². The fraction of sp³-hybridized carbons (Fsp3) is 0.364. The standard InChI is InChI=1S/C11H11ClF2O3/c1-2-16-10(15)11(13,14)17-7-8-4-3-5-9(12)6-8/h3-6H,2,7H2,1H3. The number of benzene rings is 1. The van der Waals surface area contributed by atoms with Gasteiger partial charge in [-0.2, -0.15) is 8.78 Å². The molecule has 0 N–H and O–H groups in total. The van der Waals surface area contributed by atoms with Crippen LogP contribution in [0, 0.1) is 0 Å². The molecule has 1 aromatic carbocycles. The highest BCUT2D eigenvalue weighted by Crippen LogP contribution is 2.20. The monoisotopic (exact) mass is 264 g/mol. The van der Waals surface area contributed by atoms with Crippen molar-refractivity contribution in [1.82, 2.24) is 0 Å². The maximum atomic E-state index is 13.1. The lowest BCUT2D eigenvalue weighted by Crippen LogP contribution is -2.33. The number of rotatable bonds is 5. The van der Waals surface area contributed by atoms with Gasteiger partial charge in [-0.05, 0) is 24.6 Å². The van der Waals surface area contributed by atoms with E-state index in [0.717, 1.165) is 0 Å². The number of alkyl halides is 2. The molecule has 0 saturated heterocycles. The van der Waals surface area contributed by atoms with E-state index in [9.17, 15) is 13.6 Å². The van der Waals surface area contributed by atoms with Crippen LogP contribution in [0.15, 0.2) is 24.3 Å². The zero-order valence-electron chi connectivity index (χ0n) is 9.08. The molecule has 0 bridgehead atoms. The summed E-state index contributed by atoms with van der Waals surface area (Å²) in [5.41, 5.74) is 0.446. The van der Waals surface area contributed by atoms with Crippen LogP contribution < -0.4 is 0 Å². The van der Waals surface area contributed by atoms with Crippen LogP contribution in [0.4, 0.5) is 8.78 Å². The van der Waals surface area contributed by atoms with Gasteiger partial charge in [0.05, 0.1) is 13.2 Å². The average Bonchev–Trinajstić information content (AvgIpc) is 2.27. The molecule has 0 fully saturated rings. The lowest BCUT2D eigenvalue weighted by molar-refractivity contribution is -0.254. The molecule has 0 spiro atoms. The number of halogens is 3. The second kappa shape index (κ2) is 5.93. The van der Waals surface area contributed by atoms with Gasteiger partial charge >= 0.3 is 12.1 Å². The average molecular weight is 265 g/mol. The molecule has 0 amide bonds. The van der Waals surface area contributed by atoms with E-state index in [0.29, 0.717) is 10.6 Å². The van der Waals surface area contributed by atoms with Crippen molar-refractivity contribution in [1.29, 1.82) is 0 Å². The molecular formula is C11H11ClF2O3. The van der Waals surface area contributed by atoms with Gasteiger partial charge in [0.1, 0.15) is 0 Å². The van der Waals surface area contributed by atoms with Crippen molar-refractivity contribution >= 4 is 17.6 Å². The third-order valence-corrected chi connectivity index (χ3v) is 2.06. The smallest absolute Gasteiger partial charge is 0.456 e. The normalized spacial score (nSPS) is 11.3. The summed E-state index contributed by atoms with van der Waals surface area (Å²) in [6.07, 6.45) is -3.95. The van der Waals surface area contributed by atoms with E-state index >= 15 is 0 Å². The highest BCUT2D eigenvalue weighted by Gasteiger charge is 2.42. The first-order valence-corrected chi connectivity index (χ1v) is 5.27. The van der Waals surface area contributed by atoms with E-state index < -0.39 is 18.7 Å². The molecule has 17 heavy (non-hydrogen) atoms. The van der Waals surface area contributed by atoms with Gasteiger partial charge in [-0.3, -0.25) is 0 Å². The topological polar surface area (TPSA) is 35.5 Å². The lowest BCUT2D eigenvalue weighted by atomic mass is 10.2. The number of carbonyl (C=O) groups is 1. The van der Waals surface area contributed by atoms with Gasteiger partial charge in [0, 0.05) is 5.02 Å². The van der Waals surface area contributed by atoms with Crippen LogP contribution in [0.1, 0.15) is 12.5 Å². The minimum atomic E-state index is -3.95. The van der Waals surface area contributed by atoms with Crippen LogP contribution in [-0.4, -0.2) is 18.7 Å². The Morgan fingerprint density at radius 3 is 2.76 bits per heavy atom. The molecule has 0 saturated carbocycles. The van der Waals surface area contributed by atoms with Gasteiger partial charge in [-0.15, -0.1) is 0 Å². The molecule has 0 radical (unpaired) electrons. The van der Waals surface area contributed by atoms with Gasteiger partial charge in [0.25, 0.3) is 0 Å².